The third-order valence-electron chi connectivity index (χ3n) is 3.77. The van der Waals surface area contributed by atoms with Gasteiger partial charge in [-0.1, -0.05) is 6.92 Å². The first-order valence-corrected chi connectivity index (χ1v) is 6.89. The average Bonchev–Trinajstić information content (AvgIpc) is 3.14. The molecule has 0 bridgehead atoms. The number of amides is 1. The summed E-state index contributed by atoms with van der Waals surface area (Å²) in [6.07, 6.45) is 6.14. The fourth-order valence-electron chi connectivity index (χ4n) is 2.68. The van der Waals surface area contributed by atoms with Crippen molar-refractivity contribution in [1.29, 1.82) is 0 Å². The van der Waals surface area contributed by atoms with Crippen LogP contribution in [0.15, 0.2) is 23.1 Å². The smallest absolute Gasteiger partial charge is 0.273 e. The van der Waals surface area contributed by atoms with Crippen LogP contribution in [-0.4, -0.2) is 26.6 Å². The van der Waals surface area contributed by atoms with Gasteiger partial charge >= 0.3 is 0 Å². The van der Waals surface area contributed by atoms with E-state index in [0.717, 1.165) is 17.8 Å². The number of hydrogen-bond donors (Lipinski definition) is 3. The number of H-pyrrole nitrogens is 2. The Balaban J connectivity index is 2.06. The lowest BCUT2D eigenvalue weighted by atomic mass is 10.0. The number of carbonyl (C=O) groups is 1. The van der Waals surface area contributed by atoms with E-state index in [1.165, 1.54) is 11.1 Å². The van der Waals surface area contributed by atoms with E-state index in [2.05, 4.69) is 39.3 Å². The van der Waals surface area contributed by atoms with Crippen molar-refractivity contribution in [1.82, 2.24) is 20.4 Å². The molecule has 21 heavy (non-hydrogen) atoms. The molecule has 0 aliphatic carbocycles. The second-order valence-corrected chi connectivity index (χ2v) is 5.02. The normalized spacial score (nSPS) is 16.4. The first-order chi connectivity index (χ1) is 10.1. The molecule has 3 N–H and O–H groups in total. The molecule has 6 nitrogen and oxygen atoms in total. The third-order valence-corrected chi connectivity index (χ3v) is 3.77. The van der Waals surface area contributed by atoms with Crippen LogP contribution < -0.4 is 5.43 Å². The van der Waals surface area contributed by atoms with Crippen molar-refractivity contribution in [2.45, 2.75) is 27.2 Å². The van der Waals surface area contributed by atoms with Crippen LogP contribution in [0.2, 0.25) is 0 Å². The minimum Gasteiger partial charge on any atom is -0.359 e. The molecule has 2 aromatic rings. The monoisotopic (exact) mass is 283 g/mol. The van der Waals surface area contributed by atoms with Crippen molar-refractivity contribution in [3.63, 3.8) is 0 Å². The molecule has 0 aromatic carbocycles. The van der Waals surface area contributed by atoms with Gasteiger partial charge in [0.1, 0.15) is 5.71 Å². The first kappa shape index (κ1) is 13.4. The van der Waals surface area contributed by atoms with Gasteiger partial charge in [-0.2, -0.15) is 5.10 Å². The zero-order chi connectivity index (χ0) is 15.0. The minimum atomic E-state index is -0.217. The molecule has 2 aromatic heterocycles. The van der Waals surface area contributed by atoms with Crippen LogP contribution >= 0.6 is 0 Å². The quantitative estimate of drug-likeness (QED) is 0.751. The maximum atomic E-state index is 12.0. The lowest BCUT2D eigenvalue weighted by Gasteiger charge is -1.99. The van der Waals surface area contributed by atoms with Crippen LogP contribution in [0, 0.1) is 13.8 Å². The van der Waals surface area contributed by atoms with Crippen molar-refractivity contribution >= 4 is 17.7 Å². The molecule has 0 radical (unpaired) electrons. The Kier molecular flexibility index (Phi) is 3.21. The summed E-state index contributed by atoms with van der Waals surface area (Å²) in [6.45, 7) is 6.23. The molecular formula is C15H17N5O. The topological polar surface area (TPSA) is 85.9 Å². The number of aromatic nitrogens is 3. The van der Waals surface area contributed by atoms with Gasteiger partial charge in [0.25, 0.3) is 5.91 Å². The van der Waals surface area contributed by atoms with Crippen LogP contribution in [0.1, 0.15) is 35.3 Å². The molecule has 108 valence electrons. The highest BCUT2D eigenvalue weighted by atomic mass is 16.2. The Morgan fingerprint density at radius 1 is 1.33 bits per heavy atom. The Morgan fingerprint density at radius 2 is 2.14 bits per heavy atom. The van der Waals surface area contributed by atoms with E-state index in [-0.39, 0.29) is 5.91 Å². The number of nitrogens with one attached hydrogen (secondary N) is 3. The van der Waals surface area contributed by atoms with E-state index in [4.69, 9.17) is 0 Å². The highest BCUT2D eigenvalue weighted by Crippen LogP contribution is 2.22. The van der Waals surface area contributed by atoms with E-state index in [0.29, 0.717) is 17.1 Å². The van der Waals surface area contributed by atoms with Crippen LogP contribution in [0.5, 0.6) is 0 Å². The second kappa shape index (κ2) is 5.05. The molecule has 1 aliphatic rings. The maximum Gasteiger partial charge on any atom is 0.273 e. The summed E-state index contributed by atoms with van der Waals surface area (Å²) in [5, 5.41) is 4.06. The molecule has 0 saturated carbocycles. The second-order valence-electron chi connectivity index (χ2n) is 5.02. The predicted molar refractivity (Wildman–Crippen MR) is 80.9 cm³/mol. The zero-order valence-corrected chi connectivity index (χ0v) is 12.2. The average molecular weight is 283 g/mol. The maximum absolute atomic E-state index is 12.0. The summed E-state index contributed by atoms with van der Waals surface area (Å²) < 4.78 is 0. The van der Waals surface area contributed by atoms with Crippen molar-refractivity contribution in [3.8, 4) is 0 Å². The van der Waals surface area contributed by atoms with Crippen LogP contribution in [0.3, 0.4) is 0 Å². The molecule has 3 rings (SSSR count). The number of carbonyl (C=O) groups excluding carboxylic acids is 1. The molecule has 0 spiro atoms. The Hall–Kier alpha value is -2.63. The Labute approximate surface area is 122 Å². The largest absolute Gasteiger partial charge is 0.359 e. The number of hydrazone groups is 1. The number of hydrogen-bond acceptors (Lipinski definition) is 3. The summed E-state index contributed by atoms with van der Waals surface area (Å²) in [6, 6.07) is 0. The minimum absolute atomic E-state index is 0.217. The van der Waals surface area contributed by atoms with Gasteiger partial charge in [0, 0.05) is 23.8 Å². The number of aromatic amines is 2. The van der Waals surface area contributed by atoms with Crippen molar-refractivity contribution in [3.05, 3.63) is 46.3 Å². The van der Waals surface area contributed by atoms with Crippen LogP contribution in [-0.2, 0) is 11.2 Å². The summed E-state index contributed by atoms with van der Waals surface area (Å²) in [4.78, 5) is 22.5. The Morgan fingerprint density at radius 3 is 2.76 bits per heavy atom. The highest BCUT2D eigenvalue weighted by Gasteiger charge is 2.26. The van der Waals surface area contributed by atoms with E-state index in [1.807, 2.05) is 13.0 Å². The molecule has 0 atom stereocenters. The standard InChI is InChI=1S/C15H17N5O/c1-4-10-8(2)12(18-9(10)3)7-11-13(19-20-15(11)21)14-16-5-6-17-14/h5-7,18H,4H2,1-3H3,(H,16,17)(H,20,21)/b11-7+. The molecule has 6 heteroatoms. The van der Waals surface area contributed by atoms with Crippen LogP contribution in [0.25, 0.3) is 6.08 Å². The molecule has 1 aliphatic heterocycles. The van der Waals surface area contributed by atoms with Gasteiger partial charge < -0.3 is 9.97 Å². The van der Waals surface area contributed by atoms with Gasteiger partial charge in [0.15, 0.2) is 5.82 Å². The molecule has 3 heterocycles. The SMILES string of the molecule is CCc1c(C)[nH]c(/C=C2/C(=O)NN=C2c2ncc[nH]2)c1C. The number of imidazole rings is 1. The number of aryl methyl sites for hydroxylation is 1. The van der Waals surface area contributed by atoms with Gasteiger partial charge in [-0.05, 0) is 37.5 Å². The van der Waals surface area contributed by atoms with Crippen LogP contribution in [0.4, 0.5) is 0 Å². The summed E-state index contributed by atoms with van der Waals surface area (Å²) in [7, 11) is 0. The lowest BCUT2D eigenvalue weighted by Crippen LogP contribution is -2.14. The molecule has 0 unspecified atom stereocenters. The fraction of sp³-hybridized carbons (Fsp3) is 0.267. The summed E-state index contributed by atoms with van der Waals surface area (Å²) >= 11 is 0. The highest BCUT2D eigenvalue weighted by molar-refractivity contribution is 6.32. The fourth-order valence-corrected chi connectivity index (χ4v) is 2.68. The van der Waals surface area contributed by atoms with Crippen molar-refractivity contribution in [2.75, 3.05) is 0 Å². The summed E-state index contributed by atoms with van der Waals surface area (Å²) in [5.41, 5.74) is 8.07. The van der Waals surface area contributed by atoms with E-state index in [1.54, 1.807) is 12.4 Å². The van der Waals surface area contributed by atoms with E-state index in [9.17, 15) is 4.79 Å². The number of nitrogens with zero attached hydrogens (tertiary/aromatic N) is 2. The van der Waals surface area contributed by atoms with Gasteiger partial charge in [-0.3, -0.25) is 4.79 Å². The Bertz CT molecular complexity index is 749. The molecule has 1 amide bonds. The van der Waals surface area contributed by atoms with E-state index >= 15 is 0 Å². The van der Waals surface area contributed by atoms with Gasteiger partial charge in [0.05, 0.1) is 5.57 Å². The summed E-state index contributed by atoms with van der Waals surface area (Å²) in [5.74, 6) is 0.363. The van der Waals surface area contributed by atoms with Gasteiger partial charge in [-0.25, -0.2) is 10.4 Å². The van der Waals surface area contributed by atoms with Gasteiger partial charge in [-0.15, -0.1) is 0 Å². The molecule has 0 fully saturated rings. The molecule has 0 saturated heterocycles. The van der Waals surface area contributed by atoms with Crippen molar-refractivity contribution < 1.29 is 4.79 Å². The molecular weight excluding hydrogens is 266 g/mol. The van der Waals surface area contributed by atoms with Gasteiger partial charge in [0.2, 0.25) is 0 Å². The third kappa shape index (κ3) is 2.18. The zero-order valence-electron chi connectivity index (χ0n) is 12.2. The predicted octanol–water partition coefficient (Wildman–Crippen LogP) is 1.83. The van der Waals surface area contributed by atoms with E-state index < -0.39 is 0 Å². The van der Waals surface area contributed by atoms with Crippen molar-refractivity contribution in [2.24, 2.45) is 5.10 Å². The first-order valence-electron chi connectivity index (χ1n) is 6.89. The number of rotatable bonds is 3. The lowest BCUT2D eigenvalue weighted by molar-refractivity contribution is -0.116.